The monoisotopic (exact) mass is 391 g/mol. The van der Waals surface area contributed by atoms with E-state index in [1.165, 1.54) is 25.4 Å². The van der Waals surface area contributed by atoms with Gasteiger partial charge in [0.1, 0.15) is 6.33 Å². The van der Waals surface area contributed by atoms with Gasteiger partial charge in [-0.15, -0.1) is 0 Å². The van der Waals surface area contributed by atoms with Crippen LogP contribution in [0.25, 0.3) is 0 Å². The van der Waals surface area contributed by atoms with Crippen LogP contribution in [0.3, 0.4) is 0 Å². The number of likely N-dealkylation sites (tertiary alicyclic amines) is 1. The van der Waals surface area contributed by atoms with Gasteiger partial charge in [0.15, 0.2) is 5.56 Å². The van der Waals surface area contributed by atoms with Crippen LogP contribution < -0.4 is 9.47 Å². The molecule has 1 aromatic heterocycles. The molecule has 27 heavy (non-hydrogen) atoms. The Labute approximate surface area is 160 Å². The van der Waals surface area contributed by atoms with Gasteiger partial charge in [0.25, 0.3) is 5.91 Å². The minimum absolute atomic E-state index is 0.0582. The highest BCUT2D eigenvalue weighted by Gasteiger charge is 2.42. The predicted octanol–water partition coefficient (Wildman–Crippen LogP) is 2.09. The van der Waals surface area contributed by atoms with Gasteiger partial charge in [-0.1, -0.05) is 23.7 Å². The van der Waals surface area contributed by atoms with E-state index in [9.17, 15) is 14.7 Å². The quantitative estimate of drug-likeness (QED) is 0.832. The number of methoxy groups -OCH3 is 2. The first kappa shape index (κ1) is 18.9. The van der Waals surface area contributed by atoms with Crippen LogP contribution in [0, 0.1) is 5.92 Å². The number of ether oxygens (including phenoxy) is 2. The summed E-state index contributed by atoms with van der Waals surface area (Å²) >= 11 is 5.92. The molecule has 0 spiro atoms. The second-order valence-corrected chi connectivity index (χ2v) is 6.52. The number of hydrogen-bond acceptors (Lipinski definition) is 6. The van der Waals surface area contributed by atoms with E-state index >= 15 is 0 Å². The van der Waals surface area contributed by atoms with E-state index in [0.717, 1.165) is 5.56 Å². The highest BCUT2D eigenvalue weighted by molar-refractivity contribution is 6.30. The van der Waals surface area contributed by atoms with Crippen molar-refractivity contribution in [3.05, 3.63) is 46.7 Å². The molecule has 1 aliphatic heterocycles. The van der Waals surface area contributed by atoms with E-state index in [0.29, 0.717) is 5.02 Å². The van der Waals surface area contributed by atoms with Crippen molar-refractivity contribution >= 4 is 23.5 Å². The maximum atomic E-state index is 13.1. The lowest BCUT2D eigenvalue weighted by Crippen LogP contribution is -2.31. The average Bonchev–Trinajstić information content (AvgIpc) is 3.13. The molecule has 1 aromatic carbocycles. The van der Waals surface area contributed by atoms with E-state index in [2.05, 4.69) is 9.97 Å². The van der Waals surface area contributed by atoms with Gasteiger partial charge in [-0.2, -0.15) is 0 Å². The van der Waals surface area contributed by atoms with Gasteiger partial charge < -0.3 is 19.5 Å². The van der Waals surface area contributed by atoms with Crippen molar-refractivity contribution in [2.24, 2.45) is 5.92 Å². The number of aromatic nitrogens is 2. The van der Waals surface area contributed by atoms with Crippen molar-refractivity contribution in [2.75, 3.05) is 27.3 Å². The molecule has 142 valence electrons. The van der Waals surface area contributed by atoms with Gasteiger partial charge in [-0.3, -0.25) is 9.59 Å². The lowest BCUT2D eigenvalue weighted by atomic mass is 9.89. The molecule has 3 rings (SSSR count). The summed E-state index contributed by atoms with van der Waals surface area (Å²) in [5.41, 5.74) is 0.883. The van der Waals surface area contributed by atoms with Crippen LogP contribution in [0.5, 0.6) is 11.8 Å². The largest absolute Gasteiger partial charge is 0.481 e. The number of halogens is 1. The molecule has 2 heterocycles. The second-order valence-electron chi connectivity index (χ2n) is 6.08. The van der Waals surface area contributed by atoms with Crippen LogP contribution in [0.4, 0.5) is 0 Å². The molecule has 0 bridgehead atoms. The smallest absolute Gasteiger partial charge is 0.308 e. The highest BCUT2D eigenvalue weighted by Crippen LogP contribution is 2.36. The number of carboxylic acid groups (broad SMARTS) is 1. The molecule has 1 N–H and O–H groups in total. The summed E-state index contributed by atoms with van der Waals surface area (Å²) in [7, 11) is 2.78. The van der Waals surface area contributed by atoms with E-state index < -0.39 is 17.8 Å². The summed E-state index contributed by atoms with van der Waals surface area (Å²) in [5, 5.41) is 10.2. The zero-order valence-electron chi connectivity index (χ0n) is 14.8. The molecule has 1 amide bonds. The fourth-order valence-corrected chi connectivity index (χ4v) is 3.40. The maximum Gasteiger partial charge on any atom is 0.308 e. The van der Waals surface area contributed by atoms with Crippen molar-refractivity contribution in [1.82, 2.24) is 14.9 Å². The van der Waals surface area contributed by atoms with Gasteiger partial charge in [0.05, 0.1) is 20.1 Å². The zero-order chi connectivity index (χ0) is 19.6. The molecule has 1 aliphatic rings. The molecular weight excluding hydrogens is 374 g/mol. The SMILES string of the molecule is COc1ncnc(OC)c1C(=O)N1C[C@@H](C(=O)O)[C@H](c2ccc(Cl)cc2)C1. The third kappa shape index (κ3) is 3.66. The third-order valence-electron chi connectivity index (χ3n) is 4.60. The van der Waals surface area contributed by atoms with Gasteiger partial charge in [-0.05, 0) is 17.7 Å². The molecular formula is C18H18ClN3O5. The normalized spacial score (nSPS) is 19.0. The first-order chi connectivity index (χ1) is 13.0. The second kappa shape index (κ2) is 7.79. The van der Waals surface area contributed by atoms with Gasteiger partial charge >= 0.3 is 5.97 Å². The lowest BCUT2D eigenvalue weighted by molar-refractivity contribution is -0.141. The Morgan fingerprint density at radius 2 is 1.70 bits per heavy atom. The molecule has 8 nitrogen and oxygen atoms in total. The number of hydrogen-bond donors (Lipinski definition) is 1. The van der Waals surface area contributed by atoms with E-state index in [1.807, 2.05) is 0 Å². The zero-order valence-corrected chi connectivity index (χ0v) is 15.5. The number of amides is 1. The van der Waals surface area contributed by atoms with Gasteiger partial charge in [0.2, 0.25) is 11.8 Å². The summed E-state index contributed by atoms with van der Waals surface area (Å²) in [6, 6.07) is 6.97. The van der Waals surface area contributed by atoms with Crippen molar-refractivity contribution in [3.8, 4) is 11.8 Å². The van der Waals surface area contributed by atoms with E-state index in [4.69, 9.17) is 21.1 Å². The van der Waals surface area contributed by atoms with Crippen LogP contribution in [-0.4, -0.2) is 59.2 Å². The lowest BCUT2D eigenvalue weighted by Gasteiger charge is -2.18. The van der Waals surface area contributed by atoms with Gasteiger partial charge in [0, 0.05) is 24.0 Å². The van der Waals surface area contributed by atoms with Crippen LogP contribution in [0.2, 0.25) is 5.02 Å². The number of carbonyl (C=O) groups is 2. The Morgan fingerprint density at radius 1 is 1.11 bits per heavy atom. The molecule has 1 saturated heterocycles. The molecule has 0 aliphatic carbocycles. The number of nitrogens with zero attached hydrogens (tertiary/aromatic N) is 3. The van der Waals surface area contributed by atoms with Crippen molar-refractivity contribution in [3.63, 3.8) is 0 Å². The fourth-order valence-electron chi connectivity index (χ4n) is 3.27. The molecule has 9 heteroatoms. The molecule has 0 saturated carbocycles. The van der Waals surface area contributed by atoms with Gasteiger partial charge in [-0.25, -0.2) is 9.97 Å². The Bertz CT molecular complexity index is 836. The van der Waals surface area contributed by atoms with Crippen LogP contribution in [-0.2, 0) is 4.79 Å². The first-order valence-corrected chi connectivity index (χ1v) is 8.54. The van der Waals surface area contributed by atoms with Crippen LogP contribution in [0.1, 0.15) is 21.8 Å². The van der Waals surface area contributed by atoms with Crippen molar-refractivity contribution in [2.45, 2.75) is 5.92 Å². The minimum atomic E-state index is -0.964. The third-order valence-corrected chi connectivity index (χ3v) is 4.85. The summed E-state index contributed by atoms with van der Waals surface area (Å²) in [6.45, 7) is 0.293. The first-order valence-electron chi connectivity index (χ1n) is 8.16. The fraction of sp³-hybridized carbons (Fsp3) is 0.333. The molecule has 1 fully saturated rings. The number of benzene rings is 1. The molecule has 0 radical (unpaired) electrons. The average molecular weight is 392 g/mol. The molecule has 2 atom stereocenters. The maximum absolute atomic E-state index is 13.1. The Kier molecular flexibility index (Phi) is 5.46. The van der Waals surface area contributed by atoms with Crippen molar-refractivity contribution in [1.29, 1.82) is 0 Å². The van der Waals surface area contributed by atoms with Crippen LogP contribution >= 0.6 is 11.6 Å². The molecule has 2 aromatic rings. The number of carboxylic acids is 1. The van der Waals surface area contributed by atoms with Crippen molar-refractivity contribution < 1.29 is 24.2 Å². The summed E-state index contributed by atoms with van der Waals surface area (Å²) in [5.74, 6) is -2.34. The van der Waals surface area contributed by atoms with Crippen LogP contribution in [0.15, 0.2) is 30.6 Å². The Hall–Kier alpha value is -2.87. The minimum Gasteiger partial charge on any atom is -0.481 e. The van der Waals surface area contributed by atoms with E-state index in [1.54, 1.807) is 24.3 Å². The number of carbonyl (C=O) groups excluding carboxylic acids is 1. The number of aliphatic carboxylic acids is 1. The highest BCUT2D eigenvalue weighted by atomic mass is 35.5. The summed E-state index contributed by atoms with van der Waals surface area (Å²) in [6.07, 6.45) is 1.23. The Balaban J connectivity index is 1.93. The summed E-state index contributed by atoms with van der Waals surface area (Å²) < 4.78 is 10.3. The standard InChI is InChI=1S/C18H18ClN3O5/c1-26-15-14(16(27-2)21-9-20-15)17(23)22-7-12(13(8-22)18(24)25)10-3-5-11(19)6-4-10/h3-6,9,12-13H,7-8H2,1-2H3,(H,24,25)/t12-,13+/m0/s1. The molecule has 0 unspecified atom stereocenters. The topological polar surface area (TPSA) is 102 Å². The number of rotatable bonds is 5. The predicted molar refractivity (Wildman–Crippen MR) is 96.4 cm³/mol. The Morgan fingerprint density at radius 3 is 2.22 bits per heavy atom. The van der Waals surface area contributed by atoms with E-state index in [-0.39, 0.29) is 36.3 Å². The summed E-state index contributed by atoms with van der Waals surface area (Å²) in [4.78, 5) is 34.2.